The van der Waals surface area contributed by atoms with E-state index < -0.39 is 6.10 Å². The number of carbonyl (C=O) groups excluding carboxylic acids is 1. The van der Waals surface area contributed by atoms with Crippen LogP contribution in [0.4, 0.5) is 0 Å². The lowest BCUT2D eigenvalue weighted by Gasteiger charge is -2.20. The van der Waals surface area contributed by atoms with Crippen LogP contribution >= 0.6 is 0 Å². The van der Waals surface area contributed by atoms with Crippen molar-refractivity contribution in [3.05, 3.63) is 71.4 Å². The summed E-state index contributed by atoms with van der Waals surface area (Å²) in [4.78, 5) is 14.8. The summed E-state index contributed by atoms with van der Waals surface area (Å²) < 4.78 is 0. The first-order valence-corrected chi connectivity index (χ1v) is 8.25. The molecule has 0 saturated carbocycles. The molecule has 25 heavy (non-hydrogen) atoms. The summed E-state index contributed by atoms with van der Waals surface area (Å²) >= 11 is 0. The third-order valence-corrected chi connectivity index (χ3v) is 4.53. The van der Waals surface area contributed by atoms with Crippen molar-refractivity contribution < 1.29 is 9.90 Å². The van der Waals surface area contributed by atoms with Crippen LogP contribution in [0.2, 0.25) is 0 Å². The fourth-order valence-corrected chi connectivity index (χ4v) is 3.22. The van der Waals surface area contributed by atoms with Gasteiger partial charge in [0.1, 0.15) is 5.69 Å². The number of aliphatic hydroxyl groups excluding tert-OH is 1. The van der Waals surface area contributed by atoms with Crippen LogP contribution in [0.5, 0.6) is 0 Å². The number of fused-ring (bicyclic) bond motifs is 1. The van der Waals surface area contributed by atoms with Crippen LogP contribution in [-0.4, -0.2) is 37.9 Å². The zero-order valence-electron chi connectivity index (χ0n) is 13.6. The number of aromatic nitrogens is 3. The van der Waals surface area contributed by atoms with E-state index in [1.54, 1.807) is 4.90 Å². The van der Waals surface area contributed by atoms with E-state index in [4.69, 9.17) is 0 Å². The zero-order chi connectivity index (χ0) is 17.2. The first-order valence-electron chi connectivity index (χ1n) is 8.25. The molecule has 1 unspecified atom stereocenters. The van der Waals surface area contributed by atoms with E-state index in [0.717, 1.165) is 16.7 Å². The Bertz CT molecular complexity index is 891. The number of hydrogen-bond donors (Lipinski definition) is 2. The number of nitrogens with one attached hydrogen (secondary N) is 1. The molecule has 0 radical (unpaired) electrons. The van der Waals surface area contributed by atoms with Crippen molar-refractivity contribution in [1.29, 1.82) is 0 Å². The molecule has 1 aromatic heterocycles. The van der Waals surface area contributed by atoms with Crippen LogP contribution in [0.15, 0.2) is 54.6 Å². The quantitative estimate of drug-likeness (QED) is 0.754. The fraction of sp³-hybridized carbons (Fsp3) is 0.211. The molecular weight excluding hydrogens is 316 g/mol. The molecule has 6 heteroatoms. The van der Waals surface area contributed by atoms with Crippen LogP contribution in [0, 0.1) is 0 Å². The second-order valence-electron chi connectivity index (χ2n) is 6.12. The van der Waals surface area contributed by atoms with Gasteiger partial charge in [-0.1, -0.05) is 54.6 Å². The molecule has 0 spiro atoms. The number of amides is 1. The van der Waals surface area contributed by atoms with Crippen LogP contribution in [0.25, 0.3) is 11.3 Å². The smallest absolute Gasteiger partial charge is 0.277 e. The Balaban J connectivity index is 1.66. The second kappa shape index (κ2) is 6.49. The van der Waals surface area contributed by atoms with Crippen molar-refractivity contribution in [1.82, 2.24) is 20.3 Å². The van der Waals surface area contributed by atoms with Crippen LogP contribution in [0.3, 0.4) is 0 Å². The van der Waals surface area contributed by atoms with E-state index in [9.17, 15) is 9.90 Å². The van der Waals surface area contributed by atoms with Crippen molar-refractivity contribution in [3.8, 4) is 11.3 Å². The Labute approximate surface area is 145 Å². The van der Waals surface area contributed by atoms with Gasteiger partial charge in [0.05, 0.1) is 6.10 Å². The first-order chi connectivity index (χ1) is 12.2. The number of nitrogens with zero attached hydrogens (tertiary/aromatic N) is 3. The Hall–Kier alpha value is -2.99. The van der Waals surface area contributed by atoms with Crippen LogP contribution < -0.4 is 0 Å². The molecule has 2 aromatic carbocycles. The largest absolute Gasteiger partial charge is 0.388 e. The molecule has 0 saturated heterocycles. The number of hydrogen-bond acceptors (Lipinski definition) is 4. The zero-order valence-corrected chi connectivity index (χ0v) is 13.6. The predicted octanol–water partition coefficient (Wildman–Crippen LogP) is 2.55. The lowest BCUT2D eigenvalue weighted by atomic mass is 10.0. The van der Waals surface area contributed by atoms with Crippen molar-refractivity contribution in [2.24, 2.45) is 0 Å². The Kier molecular flexibility index (Phi) is 4.03. The molecule has 0 aliphatic carbocycles. The normalized spacial score (nSPS) is 17.0. The SMILES string of the molecule is O=C(c1n[nH]nc1-c1ccccc1)N1CCC(O)c2ccccc2C1. The Morgan fingerprint density at radius 1 is 1.08 bits per heavy atom. The Morgan fingerprint density at radius 3 is 2.68 bits per heavy atom. The summed E-state index contributed by atoms with van der Waals surface area (Å²) in [7, 11) is 0. The van der Waals surface area contributed by atoms with E-state index >= 15 is 0 Å². The van der Waals surface area contributed by atoms with E-state index in [2.05, 4.69) is 15.4 Å². The van der Waals surface area contributed by atoms with Crippen LogP contribution in [-0.2, 0) is 6.54 Å². The molecule has 0 bridgehead atoms. The Morgan fingerprint density at radius 2 is 1.84 bits per heavy atom. The highest BCUT2D eigenvalue weighted by molar-refractivity contribution is 5.97. The van der Waals surface area contributed by atoms with E-state index in [1.165, 1.54) is 0 Å². The maximum atomic E-state index is 13.0. The molecule has 0 fully saturated rings. The summed E-state index contributed by atoms with van der Waals surface area (Å²) in [6.07, 6.45) is -0.0544. The standard InChI is InChI=1S/C19H18N4O2/c24-16-10-11-23(12-14-8-4-5-9-15(14)16)19(25)18-17(20-22-21-18)13-6-2-1-3-7-13/h1-9,16,24H,10-12H2,(H,20,21,22). The van der Waals surface area contributed by atoms with Gasteiger partial charge in [0.15, 0.2) is 5.69 Å². The maximum absolute atomic E-state index is 13.0. The van der Waals surface area contributed by atoms with Gasteiger partial charge in [-0.15, -0.1) is 0 Å². The minimum atomic E-state index is -0.556. The highest BCUT2D eigenvalue weighted by atomic mass is 16.3. The number of benzene rings is 2. The monoisotopic (exact) mass is 334 g/mol. The molecule has 1 aliphatic rings. The van der Waals surface area contributed by atoms with Gasteiger partial charge in [0, 0.05) is 18.7 Å². The first kappa shape index (κ1) is 15.5. The van der Waals surface area contributed by atoms with Gasteiger partial charge in [0.2, 0.25) is 0 Å². The van der Waals surface area contributed by atoms with Gasteiger partial charge in [-0.2, -0.15) is 15.4 Å². The number of rotatable bonds is 2. The van der Waals surface area contributed by atoms with Gasteiger partial charge in [0.25, 0.3) is 5.91 Å². The number of carbonyl (C=O) groups is 1. The third-order valence-electron chi connectivity index (χ3n) is 4.53. The minimum absolute atomic E-state index is 0.184. The molecule has 6 nitrogen and oxygen atoms in total. The van der Waals surface area contributed by atoms with Gasteiger partial charge in [-0.3, -0.25) is 4.79 Å². The summed E-state index contributed by atoms with van der Waals surface area (Å²) in [6, 6.07) is 17.2. The lowest BCUT2D eigenvalue weighted by Crippen LogP contribution is -2.31. The van der Waals surface area contributed by atoms with Gasteiger partial charge < -0.3 is 10.0 Å². The average molecular weight is 334 g/mol. The number of aliphatic hydroxyl groups is 1. The average Bonchev–Trinajstić information content (AvgIpc) is 3.08. The van der Waals surface area contributed by atoms with E-state index in [0.29, 0.717) is 30.9 Å². The fourth-order valence-electron chi connectivity index (χ4n) is 3.22. The molecule has 4 rings (SSSR count). The van der Waals surface area contributed by atoms with Crippen molar-refractivity contribution >= 4 is 5.91 Å². The minimum Gasteiger partial charge on any atom is -0.388 e. The van der Waals surface area contributed by atoms with Gasteiger partial charge in [-0.25, -0.2) is 0 Å². The van der Waals surface area contributed by atoms with E-state index in [-0.39, 0.29) is 5.91 Å². The molecule has 2 heterocycles. The molecule has 3 aromatic rings. The topological polar surface area (TPSA) is 82.1 Å². The number of aromatic amines is 1. The van der Waals surface area contributed by atoms with Gasteiger partial charge >= 0.3 is 0 Å². The summed E-state index contributed by atoms with van der Waals surface area (Å²) in [5, 5.41) is 21.1. The second-order valence-corrected chi connectivity index (χ2v) is 6.12. The van der Waals surface area contributed by atoms with Crippen molar-refractivity contribution in [3.63, 3.8) is 0 Å². The molecule has 1 atom stereocenters. The molecular formula is C19H18N4O2. The molecule has 2 N–H and O–H groups in total. The summed E-state index contributed by atoms with van der Waals surface area (Å²) in [5.74, 6) is -0.184. The molecule has 1 aliphatic heterocycles. The summed E-state index contributed by atoms with van der Waals surface area (Å²) in [6.45, 7) is 0.920. The van der Waals surface area contributed by atoms with E-state index in [1.807, 2.05) is 54.6 Å². The molecule has 1 amide bonds. The van der Waals surface area contributed by atoms with Crippen LogP contribution in [0.1, 0.15) is 34.1 Å². The highest BCUT2D eigenvalue weighted by Crippen LogP contribution is 2.28. The number of H-pyrrole nitrogens is 1. The predicted molar refractivity (Wildman–Crippen MR) is 92.6 cm³/mol. The van der Waals surface area contributed by atoms with Crippen molar-refractivity contribution in [2.45, 2.75) is 19.1 Å². The van der Waals surface area contributed by atoms with Gasteiger partial charge in [-0.05, 0) is 17.5 Å². The maximum Gasteiger partial charge on any atom is 0.277 e. The van der Waals surface area contributed by atoms with Crippen molar-refractivity contribution in [2.75, 3.05) is 6.54 Å². The molecule has 126 valence electrons. The third kappa shape index (κ3) is 2.92. The lowest BCUT2D eigenvalue weighted by molar-refractivity contribution is 0.0718. The highest BCUT2D eigenvalue weighted by Gasteiger charge is 2.27. The summed E-state index contributed by atoms with van der Waals surface area (Å²) in [5.41, 5.74) is 3.55.